The highest BCUT2D eigenvalue weighted by Crippen LogP contribution is 2.24. The van der Waals surface area contributed by atoms with Crippen LogP contribution in [0.1, 0.15) is 42.7 Å². The van der Waals surface area contributed by atoms with Crippen molar-refractivity contribution in [2.24, 2.45) is 5.92 Å². The molecule has 3 aromatic carbocycles. The molecule has 10 heteroatoms. The van der Waals surface area contributed by atoms with Crippen LogP contribution in [-0.4, -0.2) is 71.2 Å². The molecule has 0 unspecified atom stereocenters. The number of nitrogens with zero attached hydrogens (tertiary/aromatic N) is 1. The van der Waals surface area contributed by atoms with E-state index in [1.807, 2.05) is 19.9 Å². The van der Waals surface area contributed by atoms with Crippen molar-refractivity contribution in [3.05, 3.63) is 108 Å². The quantitative estimate of drug-likeness (QED) is 0.268. The van der Waals surface area contributed by atoms with E-state index < -0.39 is 54.2 Å². The van der Waals surface area contributed by atoms with Crippen LogP contribution in [0, 0.1) is 5.92 Å². The van der Waals surface area contributed by atoms with Crippen LogP contribution in [-0.2, 0) is 14.4 Å². The minimum Gasteiger partial charge on any atom is -0.487 e. The molecule has 2 bridgehead atoms. The van der Waals surface area contributed by atoms with Crippen LogP contribution in [0.25, 0.3) is 6.08 Å². The first kappa shape index (κ1) is 32.4. The Morgan fingerprint density at radius 2 is 1.45 bits per heavy atom. The van der Waals surface area contributed by atoms with E-state index in [0.29, 0.717) is 16.9 Å². The van der Waals surface area contributed by atoms with E-state index in [-0.39, 0.29) is 5.92 Å². The maximum atomic E-state index is 14.1. The average molecular weight is 601 g/mol. The van der Waals surface area contributed by atoms with E-state index >= 15 is 0 Å². The Balaban J connectivity index is 1.74. The van der Waals surface area contributed by atoms with Crippen molar-refractivity contribution in [2.45, 2.75) is 50.3 Å². The molecule has 0 fully saturated rings. The monoisotopic (exact) mass is 600 g/mol. The lowest BCUT2D eigenvalue weighted by Crippen LogP contribution is -2.62. The lowest BCUT2D eigenvalue weighted by atomic mass is 9.95. The summed E-state index contributed by atoms with van der Waals surface area (Å²) in [5, 5.41) is 30.6. The van der Waals surface area contributed by atoms with Gasteiger partial charge in [0.15, 0.2) is 0 Å². The summed E-state index contributed by atoms with van der Waals surface area (Å²) < 4.78 is 6.31. The Morgan fingerprint density at radius 1 is 0.864 bits per heavy atom. The lowest BCUT2D eigenvalue weighted by Gasteiger charge is -2.35. The van der Waals surface area contributed by atoms with Crippen LogP contribution in [0.5, 0.6) is 5.75 Å². The zero-order chi connectivity index (χ0) is 31.8. The van der Waals surface area contributed by atoms with Gasteiger partial charge in [-0.1, -0.05) is 86.6 Å². The first-order chi connectivity index (χ1) is 21.1. The number of carbonyl (C=O) groups is 3. The molecule has 5 rings (SSSR count). The SMILES string of the molecule is CC(C)[C@H]1Oc2ccc(cc2)/C=C/NC(=O)[C@@H]([C@H](O)c2ccccc2)NC(=O)[C@H]1NC(=O)[C@H]([C@@H](O)c1ccccc1)N(C)C. The fraction of sp³-hybridized carbons (Fsp3) is 0.324. The minimum atomic E-state index is -1.41. The van der Waals surface area contributed by atoms with Crippen LogP contribution in [0.2, 0.25) is 0 Å². The molecule has 5 N–H and O–H groups in total. The molecule has 44 heavy (non-hydrogen) atoms. The highest BCUT2D eigenvalue weighted by molar-refractivity contribution is 5.94. The molecule has 0 aliphatic carbocycles. The molecule has 10 nitrogen and oxygen atoms in total. The van der Waals surface area contributed by atoms with Crippen molar-refractivity contribution in [1.82, 2.24) is 20.9 Å². The van der Waals surface area contributed by atoms with Gasteiger partial charge in [0.1, 0.15) is 42.2 Å². The van der Waals surface area contributed by atoms with Gasteiger partial charge < -0.3 is 30.9 Å². The number of hydrogen-bond acceptors (Lipinski definition) is 7. The molecule has 0 saturated carbocycles. The molecule has 0 aromatic heterocycles. The van der Waals surface area contributed by atoms with Gasteiger partial charge in [-0.05, 0) is 54.9 Å². The second-order valence-electron chi connectivity index (χ2n) is 11.3. The molecule has 0 spiro atoms. The maximum absolute atomic E-state index is 14.1. The van der Waals surface area contributed by atoms with Crippen molar-refractivity contribution in [3.63, 3.8) is 0 Å². The number of ether oxygens (including phenoxy) is 1. The van der Waals surface area contributed by atoms with Crippen molar-refractivity contribution >= 4 is 23.8 Å². The standard InChI is InChI=1S/C34H40N4O6/c1-21(2)31-27(37-34(43)28(38(3)4)30(40)24-13-9-6-10-14-24)33(42)36-26(29(39)23-11-7-5-8-12-23)32(41)35-20-19-22-15-17-25(44-31)18-16-22/h5-21,26-31,39-40H,1-4H3,(H,35,41)(H,36,42)(H,37,43)/b20-19+/t26-,27+,28+,29-,30+,31-/m1/s1. The summed E-state index contributed by atoms with van der Waals surface area (Å²) in [6.45, 7) is 3.70. The largest absolute Gasteiger partial charge is 0.487 e. The summed E-state index contributed by atoms with van der Waals surface area (Å²) in [6.07, 6.45) is -0.377. The molecule has 0 radical (unpaired) electrons. The van der Waals surface area contributed by atoms with Gasteiger partial charge in [0.2, 0.25) is 17.7 Å². The van der Waals surface area contributed by atoms with Crippen LogP contribution in [0.4, 0.5) is 0 Å². The first-order valence-corrected chi connectivity index (χ1v) is 14.5. The highest BCUT2D eigenvalue weighted by atomic mass is 16.5. The lowest BCUT2D eigenvalue weighted by molar-refractivity contribution is -0.139. The smallest absolute Gasteiger partial charge is 0.249 e. The number of aliphatic hydroxyl groups excluding tert-OH is 2. The Kier molecular flexibility index (Phi) is 10.9. The predicted molar refractivity (Wildman–Crippen MR) is 167 cm³/mol. The number of benzene rings is 3. The van der Waals surface area contributed by atoms with Gasteiger partial charge in [-0.25, -0.2) is 0 Å². The Morgan fingerprint density at radius 3 is 2.02 bits per heavy atom. The van der Waals surface area contributed by atoms with Crippen molar-refractivity contribution in [2.75, 3.05) is 14.1 Å². The minimum absolute atomic E-state index is 0.290. The number of nitrogens with one attached hydrogen (secondary N) is 3. The fourth-order valence-corrected chi connectivity index (χ4v) is 5.12. The molecule has 2 aliphatic heterocycles. The van der Waals surface area contributed by atoms with Gasteiger partial charge in [0.05, 0.1) is 0 Å². The molecule has 0 saturated heterocycles. The molecular formula is C34H40N4O6. The Hall–Kier alpha value is -4.51. The fourth-order valence-electron chi connectivity index (χ4n) is 5.12. The zero-order valence-corrected chi connectivity index (χ0v) is 25.3. The third kappa shape index (κ3) is 7.90. The van der Waals surface area contributed by atoms with Gasteiger partial charge in [-0.3, -0.25) is 19.3 Å². The van der Waals surface area contributed by atoms with Crippen molar-refractivity contribution in [3.8, 4) is 5.75 Å². The highest BCUT2D eigenvalue weighted by Gasteiger charge is 2.40. The predicted octanol–water partition coefficient (Wildman–Crippen LogP) is 2.56. The van der Waals surface area contributed by atoms with Gasteiger partial charge in [0, 0.05) is 6.20 Å². The van der Waals surface area contributed by atoms with E-state index in [0.717, 1.165) is 5.56 Å². The summed E-state index contributed by atoms with van der Waals surface area (Å²) in [5.74, 6) is -1.83. The summed E-state index contributed by atoms with van der Waals surface area (Å²) >= 11 is 0. The van der Waals surface area contributed by atoms with E-state index in [4.69, 9.17) is 4.74 Å². The number of likely N-dealkylation sites (N-methyl/N-ethyl adjacent to an activating group) is 1. The van der Waals surface area contributed by atoms with Gasteiger partial charge >= 0.3 is 0 Å². The van der Waals surface area contributed by atoms with E-state index in [9.17, 15) is 24.6 Å². The van der Waals surface area contributed by atoms with Crippen LogP contribution < -0.4 is 20.7 Å². The van der Waals surface area contributed by atoms with Gasteiger partial charge in [0.25, 0.3) is 0 Å². The zero-order valence-electron chi connectivity index (χ0n) is 25.3. The molecule has 3 aromatic rings. The summed E-state index contributed by atoms with van der Waals surface area (Å²) in [7, 11) is 3.32. The van der Waals surface area contributed by atoms with Gasteiger partial charge in [-0.15, -0.1) is 0 Å². The van der Waals surface area contributed by atoms with Crippen LogP contribution in [0.3, 0.4) is 0 Å². The van der Waals surface area contributed by atoms with Gasteiger partial charge in [-0.2, -0.15) is 0 Å². The number of rotatable bonds is 8. The third-order valence-electron chi connectivity index (χ3n) is 7.52. The summed E-state index contributed by atoms with van der Waals surface area (Å²) in [5.41, 5.74) is 1.74. The van der Waals surface area contributed by atoms with E-state index in [1.165, 1.54) is 6.20 Å². The molecule has 2 aliphatic rings. The molecule has 2 heterocycles. The molecule has 6 atom stereocenters. The van der Waals surface area contributed by atoms with Crippen LogP contribution in [0.15, 0.2) is 91.1 Å². The maximum Gasteiger partial charge on any atom is 0.249 e. The van der Waals surface area contributed by atoms with Crippen LogP contribution >= 0.6 is 0 Å². The molecular weight excluding hydrogens is 560 g/mol. The first-order valence-electron chi connectivity index (χ1n) is 14.5. The van der Waals surface area contributed by atoms with Crippen molar-refractivity contribution in [1.29, 1.82) is 0 Å². The number of fused-ring (bicyclic) bond motifs is 10. The van der Waals surface area contributed by atoms with E-state index in [1.54, 1.807) is 104 Å². The molecule has 232 valence electrons. The third-order valence-corrected chi connectivity index (χ3v) is 7.52. The number of hydrogen-bond donors (Lipinski definition) is 5. The number of carbonyl (C=O) groups excluding carboxylic acids is 3. The van der Waals surface area contributed by atoms with Crippen molar-refractivity contribution < 1.29 is 29.3 Å². The van der Waals surface area contributed by atoms with E-state index in [2.05, 4.69) is 16.0 Å². The Bertz CT molecular complexity index is 1430. The second kappa shape index (κ2) is 14.8. The summed E-state index contributed by atoms with van der Waals surface area (Å²) in [4.78, 5) is 43.0. The normalized spacial score (nSPS) is 21.8. The average Bonchev–Trinajstić information content (AvgIpc) is 3.02. The number of aliphatic hydroxyl groups is 2. The Labute approximate surface area is 257 Å². The summed E-state index contributed by atoms with van der Waals surface area (Å²) in [6, 6.07) is 20.6. The number of amides is 3. The second-order valence-corrected chi connectivity index (χ2v) is 11.3. The topological polar surface area (TPSA) is 140 Å². The molecule has 3 amide bonds.